The number of carbonyl (C=O) groups excluding carboxylic acids is 1. The second-order valence-electron chi connectivity index (χ2n) is 8.31. The Bertz CT molecular complexity index is 1430. The van der Waals surface area contributed by atoms with Gasteiger partial charge in [0.25, 0.3) is 0 Å². The van der Waals surface area contributed by atoms with Crippen molar-refractivity contribution in [1.82, 2.24) is 9.97 Å². The van der Waals surface area contributed by atoms with Crippen LogP contribution in [0.1, 0.15) is 32.3 Å². The first-order valence-electron chi connectivity index (χ1n) is 12.1. The van der Waals surface area contributed by atoms with Crippen molar-refractivity contribution in [1.29, 1.82) is 0 Å². The number of anilines is 3. The molecule has 0 spiro atoms. The maximum Gasteiger partial charge on any atom is 0.340 e. The molecule has 0 aliphatic carbocycles. The Morgan fingerprint density at radius 1 is 1.24 bits per heavy atom. The van der Waals surface area contributed by atoms with Gasteiger partial charge in [0.1, 0.15) is 30.2 Å². The molecular formula is C26H27ClFN4O5P. The highest BCUT2D eigenvalue weighted by atomic mass is 35.5. The van der Waals surface area contributed by atoms with E-state index in [1.807, 2.05) is 0 Å². The van der Waals surface area contributed by atoms with Crippen LogP contribution in [0, 0.1) is 17.7 Å². The number of hydrogen-bond donors (Lipinski definition) is 2. The van der Waals surface area contributed by atoms with Gasteiger partial charge in [-0.2, -0.15) is 0 Å². The summed E-state index contributed by atoms with van der Waals surface area (Å²) in [6.07, 6.45) is 2.48. The molecule has 4 rings (SSSR count). The fraction of sp³-hybridized carbons (Fsp3) is 0.346. The molecule has 1 aliphatic rings. The van der Waals surface area contributed by atoms with E-state index in [2.05, 4.69) is 32.4 Å². The molecule has 0 unspecified atom stereocenters. The molecule has 1 fully saturated rings. The van der Waals surface area contributed by atoms with E-state index in [1.54, 1.807) is 26.0 Å². The molecule has 1 amide bonds. The van der Waals surface area contributed by atoms with Crippen molar-refractivity contribution in [3.05, 3.63) is 53.1 Å². The molecule has 0 saturated carbocycles. The Morgan fingerprint density at radius 3 is 2.71 bits per heavy atom. The molecule has 200 valence electrons. The standard InChI is InChI=1S/C26H27ClFN4O5P/c1-3-36-38(34,37-4-2)15-25(33)32-23-14-20-24(12-17(23)7-9-19-6-5-11-35-19)29-16-30-26(20)31-18-8-10-22(28)21(27)13-18/h8,10,12-14,16,19H,3-6,11,15H2,1-2H3,(H,32,33)(H,29,30,31)/t19-/m0/s1. The summed E-state index contributed by atoms with van der Waals surface area (Å²) in [5.74, 6) is 5.48. The van der Waals surface area contributed by atoms with Gasteiger partial charge < -0.3 is 24.4 Å². The van der Waals surface area contributed by atoms with Gasteiger partial charge in [-0.15, -0.1) is 0 Å². The molecule has 1 atom stereocenters. The number of carbonyl (C=O) groups is 1. The predicted octanol–water partition coefficient (Wildman–Crippen LogP) is 5.90. The third-order valence-electron chi connectivity index (χ3n) is 5.52. The zero-order valence-corrected chi connectivity index (χ0v) is 22.6. The molecule has 2 heterocycles. The molecule has 2 N–H and O–H groups in total. The average Bonchev–Trinajstić information content (AvgIpc) is 3.39. The molecule has 12 heteroatoms. The number of benzene rings is 2. The predicted molar refractivity (Wildman–Crippen MR) is 144 cm³/mol. The molecule has 0 bridgehead atoms. The van der Waals surface area contributed by atoms with Gasteiger partial charge in [0.2, 0.25) is 5.91 Å². The largest absolute Gasteiger partial charge is 0.366 e. The van der Waals surface area contributed by atoms with Crippen LogP contribution in [-0.2, 0) is 23.1 Å². The zero-order valence-electron chi connectivity index (χ0n) is 20.9. The van der Waals surface area contributed by atoms with Gasteiger partial charge in [-0.05, 0) is 57.0 Å². The van der Waals surface area contributed by atoms with Crippen molar-refractivity contribution >= 4 is 53.2 Å². The summed E-state index contributed by atoms with van der Waals surface area (Å²) in [6, 6.07) is 7.61. The first-order valence-corrected chi connectivity index (χ1v) is 14.2. The summed E-state index contributed by atoms with van der Waals surface area (Å²) in [5, 5.41) is 6.42. The Balaban J connectivity index is 1.71. The summed E-state index contributed by atoms with van der Waals surface area (Å²) in [6.45, 7) is 4.28. The summed E-state index contributed by atoms with van der Waals surface area (Å²) in [7, 11) is -3.62. The maximum atomic E-state index is 13.6. The van der Waals surface area contributed by atoms with Crippen LogP contribution in [0.25, 0.3) is 10.9 Å². The fourth-order valence-corrected chi connectivity index (χ4v) is 5.51. The second kappa shape index (κ2) is 12.7. The van der Waals surface area contributed by atoms with E-state index >= 15 is 0 Å². The van der Waals surface area contributed by atoms with Crippen molar-refractivity contribution in [2.45, 2.75) is 32.8 Å². The second-order valence-corrected chi connectivity index (χ2v) is 10.8. The van der Waals surface area contributed by atoms with E-state index in [4.69, 9.17) is 25.4 Å². The highest BCUT2D eigenvalue weighted by Crippen LogP contribution is 2.47. The SMILES string of the molecule is CCOP(=O)(CC(=O)Nc1cc2c(Nc3ccc(F)c(Cl)c3)ncnc2cc1C#C[C@@H]1CCCO1)OCC. The Hall–Kier alpha value is -3.06. The summed E-state index contributed by atoms with van der Waals surface area (Å²) in [5.41, 5.74) is 1.93. The minimum Gasteiger partial charge on any atom is -0.366 e. The van der Waals surface area contributed by atoms with Crippen LogP contribution in [0.5, 0.6) is 0 Å². The van der Waals surface area contributed by atoms with Crippen molar-refractivity contribution in [2.24, 2.45) is 0 Å². The lowest BCUT2D eigenvalue weighted by Gasteiger charge is -2.17. The van der Waals surface area contributed by atoms with Crippen LogP contribution in [0.2, 0.25) is 5.02 Å². The summed E-state index contributed by atoms with van der Waals surface area (Å²) < 4.78 is 42.6. The summed E-state index contributed by atoms with van der Waals surface area (Å²) >= 11 is 5.92. The third kappa shape index (κ3) is 7.07. The zero-order chi connectivity index (χ0) is 27.1. The van der Waals surface area contributed by atoms with Crippen molar-refractivity contribution < 1.29 is 27.5 Å². The van der Waals surface area contributed by atoms with Gasteiger partial charge >= 0.3 is 7.60 Å². The topological polar surface area (TPSA) is 112 Å². The van der Waals surface area contributed by atoms with E-state index in [9.17, 15) is 13.8 Å². The van der Waals surface area contributed by atoms with E-state index < -0.39 is 25.5 Å². The number of halogens is 2. The van der Waals surface area contributed by atoms with Crippen LogP contribution in [0.4, 0.5) is 21.6 Å². The molecule has 0 radical (unpaired) electrons. The Morgan fingerprint density at radius 2 is 2.03 bits per heavy atom. The highest BCUT2D eigenvalue weighted by Gasteiger charge is 2.28. The number of nitrogens with zero attached hydrogens (tertiary/aromatic N) is 2. The van der Waals surface area contributed by atoms with Gasteiger partial charge in [0.15, 0.2) is 0 Å². The number of nitrogens with one attached hydrogen (secondary N) is 2. The smallest absolute Gasteiger partial charge is 0.340 e. The minimum atomic E-state index is -3.62. The number of ether oxygens (including phenoxy) is 1. The molecule has 2 aromatic carbocycles. The van der Waals surface area contributed by atoms with Crippen molar-refractivity contribution in [3.63, 3.8) is 0 Å². The van der Waals surface area contributed by atoms with Gasteiger partial charge in [0, 0.05) is 17.7 Å². The number of amides is 1. The lowest BCUT2D eigenvalue weighted by molar-refractivity contribution is -0.114. The van der Waals surface area contributed by atoms with Gasteiger partial charge in [-0.25, -0.2) is 14.4 Å². The number of rotatable bonds is 9. The lowest BCUT2D eigenvalue weighted by atomic mass is 10.1. The van der Waals surface area contributed by atoms with E-state index in [0.29, 0.717) is 40.3 Å². The summed E-state index contributed by atoms with van der Waals surface area (Å²) in [4.78, 5) is 21.6. The molecule has 1 aromatic heterocycles. The molecule has 1 saturated heterocycles. The Kier molecular flexibility index (Phi) is 9.31. The van der Waals surface area contributed by atoms with Crippen LogP contribution in [0.15, 0.2) is 36.7 Å². The van der Waals surface area contributed by atoms with Gasteiger partial charge in [-0.1, -0.05) is 23.4 Å². The van der Waals surface area contributed by atoms with Gasteiger partial charge in [-0.3, -0.25) is 9.36 Å². The van der Waals surface area contributed by atoms with E-state index in [-0.39, 0.29) is 24.3 Å². The average molecular weight is 561 g/mol. The maximum absolute atomic E-state index is 13.6. The van der Waals surface area contributed by atoms with Crippen LogP contribution < -0.4 is 10.6 Å². The lowest BCUT2D eigenvalue weighted by Crippen LogP contribution is -2.19. The normalized spacial score (nSPS) is 15.2. The molecule has 1 aliphatic heterocycles. The highest BCUT2D eigenvalue weighted by molar-refractivity contribution is 7.54. The van der Waals surface area contributed by atoms with Gasteiger partial charge in [0.05, 0.1) is 35.0 Å². The third-order valence-corrected chi connectivity index (χ3v) is 7.78. The van der Waals surface area contributed by atoms with Crippen LogP contribution in [0.3, 0.4) is 0 Å². The molecule has 38 heavy (non-hydrogen) atoms. The molecular weight excluding hydrogens is 534 g/mol. The quantitative estimate of drug-likeness (QED) is 0.246. The van der Waals surface area contributed by atoms with Crippen molar-refractivity contribution in [3.8, 4) is 11.8 Å². The van der Waals surface area contributed by atoms with Crippen molar-refractivity contribution in [2.75, 3.05) is 36.6 Å². The van der Waals surface area contributed by atoms with E-state index in [1.165, 1.54) is 24.5 Å². The number of fused-ring (bicyclic) bond motifs is 1. The fourth-order valence-electron chi connectivity index (χ4n) is 3.86. The van der Waals surface area contributed by atoms with Crippen LogP contribution >= 0.6 is 19.2 Å². The number of aromatic nitrogens is 2. The number of hydrogen-bond acceptors (Lipinski definition) is 8. The molecule has 3 aromatic rings. The minimum absolute atomic E-state index is 0.0407. The van der Waals surface area contributed by atoms with E-state index in [0.717, 1.165) is 12.8 Å². The van der Waals surface area contributed by atoms with Crippen LogP contribution in [-0.4, -0.2) is 48.0 Å². The molecule has 9 nitrogen and oxygen atoms in total. The Labute approximate surface area is 225 Å². The first-order chi connectivity index (χ1) is 18.3. The first kappa shape index (κ1) is 28.0. The monoisotopic (exact) mass is 560 g/mol.